The molecule has 2 heteroatoms. The third-order valence-corrected chi connectivity index (χ3v) is 4.63. The molecule has 0 heterocycles. The quantitative estimate of drug-likeness (QED) is 0.835. The lowest BCUT2D eigenvalue weighted by molar-refractivity contribution is -0.122. The van der Waals surface area contributed by atoms with Gasteiger partial charge in [0, 0.05) is 11.6 Å². The number of amides is 1. The Hall–Kier alpha value is -1.31. The minimum Gasteiger partial charge on any atom is -0.325 e. The first kappa shape index (κ1) is 15.1. The molecule has 1 N–H and O–H groups in total. The van der Waals surface area contributed by atoms with Crippen molar-refractivity contribution in [3.63, 3.8) is 0 Å². The Morgan fingerprint density at radius 2 is 1.85 bits per heavy atom. The van der Waals surface area contributed by atoms with Crippen molar-refractivity contribution in [2.45, 2.75) is 59.3 Å². The van der Waals surface area contributed by atoms with Crippen LogP contribution < -0.4 is 5.32 Å². The van der Waals surface area contributed by atoms with E-state index in [4.69, 9.17) is 0 Å². The normalized spacial score (nSPS) is 22.6. The van der Waals surface area contributed by atoms with Gasteiger partial charge < -0.3 is 5.32 Å². The number of hydrogen-bond acceptors (Lipinski definition) is 1. The summed E-state index contributed by atoms with van der Waals surface area (Å²) in [6, 6.07) is 6.17. The van der Waals surface area contributed by atoms with Crippen molar-refractivity contribution in [1.82, 2.24) is 0 Å². The largest absolute Gasteiger partial charge is 0.325 e. The third kappa shape index (κ3) is 3.41. The molecule has 0 saturated heterocycles. The van der Waals surface area contributed by atoms with Crippen molar-refractivity contribution in [3.8, 4) is 0 Å². The van der Waals surface area contributed by atoms with Crippen LogP contribution in [0.5, 0.6) is 0 Å². The van der Waals surface area contributed by atoms with Crippen LogP contribution in [0, 0.1) is 25.7 Å². The van der Waals surface area contributed by atoms with Crippen LogP contribution in [0.2, 0.25) is 0 Å². The van der Waals surface area contributed by atoms with E-state index in [1.165, 1.54) is 32.1 Å². The van der Waals surface area contributed by atoms with Gasteiger partial charge in [-0.2, -0.15) is 0 Å². The molecule has 1 aliphatic rings. The molecule has 2 nitrogen and oxygen atoms in total. The molecule has 0 aromatic heterocycles. The Morgan fingerprint density at radius 1 is 1.20 bits per heavy atom. The van der Waals surface area contributed by atoms with Crippen LogP contribution in [0.1, 0.15) is 56.6 Å². The van der Waals surface area contributed by atoms with Gasteiger partial charge in [0.15, 0.2) is 0 Å². The SMILES string of the molecule is CCCC1CCCCC1C(=O)Nc1c(C)cccc1C. The van der Waals surface area contributed by atoms with Gasteiger partial charge in [0.25, 0.3) is 0 Å². The number of rotatable bonds is 4. The fraction of sp³-hybridized carbons (Fsp3) is 0.611. The zero-order chi connectivity index (χ0) is 14.5. The van der Waals surface area contributed by atoms with Crippen molar-refractivity contribution < 1.29 is 4.79 Å². The summed E-state index contributed by atoms with van der Waals surface area (Å²) in [6.07, 6.45) is 7.13. The van der Waals surface area contributed by atoms with Gasteiger partial charge in [-0.15, -0.1) is 0 Å². The first-order valence-electron chi connectivity index (χ1n) is 8.00. The number of hydrogen-bond donors (Lipinski definition) is 1. The van der Waals surface area contributed by atoms with Crippen molar-refractivity contribution in [3.05, 3.63) is 29.3 Å². The maximum absolute atomic E-state index is 12.6. The van der Waals surface area contributed by atoms with E-state index in [9.17, 15) is 4.79 Å². The highest BCUT2D eigenvalue weighted by atomic mass is 16.1. The molecule has 2 unspecified atom stereocenters. The van der Waals surface area contributed by atoms with Gasteiger partial charge in [-0.05, 0) is 50.2 Å². The number of carbonyl (C=O) groups excluding carboxylic acids is 1. The Morgan fingerprint density at radius 3 is 2.50 bits per heavy atom. The predicted molar refractivity (Wildman–Crippen MR) is 84.9 cm³/mol. The van der Waals surface area contributed by atoms with Crippen molar-refractivity contribution in [1.29, 1.82) is 0 Å². The maximum Gasteiger partial charge on any atom is 0.227 e. The maximum atomic E-state index is 12.6. The molecule has 20 heavy (non-hydrogen) atoms. The minimum absolute atomic E-state index is 0.211. The smallest absolute Gasteiger partial charge is 0.227 e. The van der Waals surface area contributed by atoms with Crippen LogP contribution >= 0.6 is 0 Å². The van der Waals surface area contributed by atoms with E-state index in [0.29, 0.717) is 5.92 Å². The summed E-state index contributed by atoms with van der Waals surface area (Å²) in [4.78, 5) is 12.6. The Balaban J connectivity index is 2.10. The summed E-state index contributed by atoms with van der Waals surface area (Å²) in [5.74, 6) is 1.03. The summed E-state index contributed by atoms with van der Waals surface area (Å²) in [5, 5.41) is 3.20. The van der Waals surface area contributed by atoms with Crippen LogP contribution in [-0.2, 0) is 4.79 Å². The van der Waals surface area contributed by atoms with E-state index in [1.54, 1.807) is 0 Å². The van der Waals surface area contributed by atoms with Gasteiger partial charge in [-0.3, -0.25) is 4.79 Å². The summed E-state index contributed by atoms with van der Waals surface area (Å²) in [5.41, 5.74) is 3.32. The average molecular weight is 273 g/mol. The number of nitrogens with one attached hydrogen (secondary N) is 1. The van der Waals surface area contributed by atoms with Gasteiger partial charge in [0.05, 0.1) is 0 Å². The number of benzene rings is 1. The van der Waals surface area contributed by atoms with Crippen molar-refractivity contribution in [2.75, 3.05) is 5.32 Å². The Kier molecular flexibility index (Phi) is 5.22. The second kappa shape index (κ2) is 6.92. The van der Waals surface area contributed by atoms with Crippen LogP contribution in [0.3, 0.4) is 0 Å². The molecule has 110 valence electrons. The zero-order valence-corrected chi connectivity index (χ0v) is 13.0. The second-order valence-electron chi connectivity index (χ2n) is 6.20. The van der Waals surface area contributed by atoms with Gasteiger partial charge in [-0.1, -0.05) is 44.4 Å². The molecule has 1 aromatic carbocycles. The first-order chi connectivity index (χ1) is 9.63. The second-order valence-corrected chi connectivity index (χ2v) is 6.20. The fourth-order valence-corrected chi connectivity index (χ4v) is 3.50. The van der Waals surface area contributed by atoms with Gasteiger partial charge in [-0.25, -0.2) is 0 Å². The van der Waals surface area contributed by atoms with Crippen LogP contribution in [0.25, 0.3) is 0 Å². The van der Waals surface area contributed by atoms with E-state index < -0.39 is 0 Å². The lowest BCUT2D eigenvalue weighted by atomic mass is 9.76. The number of para-hydroxylation sites is 1. The topological polar surface area (TPSA) is 29.1 Å². The van der Waals surface area contributed by atoms with Crippen molar-refractivity contribution in [2.24, 2.45) is 11.8 Å². The molecular weight excluding hydrogens is 246 g/mol. The van der Waals surface area contributed by atoms with Gasteiger partial charge in [0.1, 0.15) is 0 Å². The zero-order valence-electron chi connectivity index (χ0n) is 13.0. The first-order valence-corrected chi connectivity index (χ1v) is 8.00. The molecule has 0 radical (unpaired) electrons. The predicted octanol–water partition coefficient (Wildman–Crippen LogP) is 4.85. The minimum atomic E-state index is 0.211. The number of anilines is 1. The molecule has 0 bridgehead atoms. The molecule has 1 fully saturated rings. The number of carbonyl (C=O) groups is 1. The highest BCUT2D eigenvalue weighted by Crippen LogP contribution is 2.34. The molecule has 2 rings (SSSR count). The van der Waals surface area contributed by atoms with Gasteiger partial charge in [0.2, 0.25) is 5.91 Å². The lowest BCUT2D eigenvalue weighted by Crippen LogP contribution is -2.32. The molecule has 1 saturated carbocycles. The highest BCUT2D eigenvalue weighted by molar-refractivity contribution is 5.94. The van der Waals surface area contributed by atoms with E-state index in [-0.39, 0.29) is 11.8 Å². The molecule has 1 aromatic rings. The number of aryl methyl sites for hydroxylation is 2. The Bertz CT molecular complexity index is 444. The molecule has 2 atom stereocenters. The molecular formula is C18H27NO. The standard InChI is InChI=1S/C18H27NO/c1-4-8-15-11-5-6-12-16(15)18(20)19-17-13(2)9-7-10-14(17)3/h7,9-10,15-16H,4-6,8,11-12H2,1-3H3,(H,19,20). The molecule has 1 aliphatic carbocycles. The summed E-state index contributed by atoms with van der Waals surface area (Å²) in [6.45, 7) is 6.34. The fourth-order valence-electron chi connectivity index (χ4n) is 3.50. The monoisotopic (exact) mass is 273 g/mol. The van der Waals surface area contributed by atoms with Crippen molar-refractivity contribution >= 4 is 11.6 Å². The molecule has 1 amide bonds. The third-order valence-electron chi connectivity index (χ3n) is 4.63. The van der Waals surface area contributed by atoms with Crippen LogP contribution in [0.15, 0.2) is 18.2 Å². The molecule has 0 spiro atoms. The summed E-state index contributed by atoms with van der Waals surface area (Å²) < 4.78 is 0. The van der Waals surface area contributed by atoms with E-state index >= 15 is 0 Å². The molecule has 0 aliphatic heterocycles. The lowest BCUT2D eigenvalue weighted by Gasteiger charge is -2.30. The van der Waals surface area contributed by atoms with E-state index in [0.717, 1.165) is 23.2 Å². The van der Waals surface area contributed by atoms with E-state index in [2.05, 4.69) is 38.2 Å². The average Bonchev–Trinajstić information content (AvgIpc) is 2.44. The van der Waals surface area contributed by atoms with E-state index in [1.807, 2.05) is 6.07 Å². The van der Waals surface area contributed by atoms with Crippen LogP contribution in [0.4, 0.5) is 5.69 Å². The Labute approximate surface area is 123 Å². The van der Waals surface area contributed by atoms with Gasteiger partial charge >= 0.3 is 0 Å². The summed E-state index contributed by atoms with van der Waals surface area (Å²) in [7, 11) is 0. The highest BCUT2D eigenvalue weighted by Gasteiger charge is 2.30. The van der Waals surface area contributed by atoms with Crippen LogP contribution in [-0.4, -0.2) is 5.91 Å². The summed E-state index contributed by atoms with van der Waals surface area (Å²) >= 11 is 0.